The van der Waals surface area contributed by atoms with Crippen molar-refractivity contribution < 1.29 is 24.5 Å². The largest absolute Gasteiger partial charge is 0.381 e. The lowest BCUT2D eigenvalue weighted by Crippen LogP contribution is -2.51. The van der Waals surface area contributed by atoms with Crippen LogP contribution in [-0.4, -0.2) is 66.7 Å². The lowest BCUT2D eigenvalue weighted by atomic mass is 9.92. The molecule has 9 nitrogen and oxygen atoms in total. The van der Waals surface area contributed by atoms with Crippen LogP contribution < -0.4 is 21.8 Å². The fourth-order valence-electron chi connectivity index (χ4n) is 4.40. The fourth-order valence-corrected chi connectivity index (χ4v) is 4.40. The maximum atomic E-state index is 12.9. The maximum Gasteiger partial charge on any atom is 0.313 e. The molecule has 1 unspecified atom stereocenters. The average Bonchev–Trinajstić information content (AvgIpc) is 3.27. The number of methoxy groups -OCH3 is 1. The van der Waals surface area contributed by atoms with Crippen molar-refractivity contribution in [3.63, 3.8) is 0 Å². The van der Waals surface area contributed by atoms with Gasteiger partial charge in [0, 0.05) is 25.4 Å². The summed E-state index contributed by atoms with van der Waals surface area (Å²) in [6.07, 6.45) is 5.38. The predicted octanol–water partition coefficient (Wildman–Crippen LogP) is -0.803. The van der Waals surface area contributed by atoms with Gasteiger partial charge in [0.2, 0.25) is 11.8 Å². The number of amides is 3. The van der Waals surface area contributed by atoms with E-state index in [0.29, 0.717) is 24.2 Å². The van der Waals surface area contributed by atoms with Crippen LogP contribution in [0.15, 0.2) is 24.3 Å². The number of carbonyl (C=O) groups excluding carboxylic acids is 3. The Morgan fingerprint density at radius 1 is 1.19 bits per heavy atom. The Balaban J connectivity index is 1.58. The highest BCUT2D eigenvalue weighted by Crippen LogP contribution is 2.23. The number of carbonyl (C=O) groups is 3. The van der Waals surface area contributed by atoms with E-state index in [9.17, 15) is 14.4 Å². The molecule has 1 aliphatic carbocycles. The second kappa shape index (κ2) is 10.4. The highest BCUT2D eigenvalue weighted by molar-refractivity contribution is 6.43. The van der Waals surface area contributed by atoms with Gasteiger partial charge in [0.15, 0.2) is 0 Å². The molecule has 0 radical (unpaired) electrons. The van der Waals surface area contributed by atoms with E-state index < -0.39 is 11.9 Å². The number of rotatable bonds is 8. The van der Waals surface area contributed by atoms with Crippen LogP contribution in [0.5, 0.6) is 0 Å². The zero-order valence-corrected chi connectivity index (χ0v) is 17.9. The van der Waals surface area contributed by atoms with E-state index in [1.165, 1.54) is 0 Å². The topological polar surface area (TPSA) is 139 Å². The van der Waals surface area contributed by atoms with Gasteiger partial charge >= 0.3 is 5.91 Å². The standard InChI is InChI=1S/C22H31N5O4/c1-31-15-7-4-6-14(12-15)26-22(30)18-10-5-11-27(18)19(28)13-25-17-9-3-2-8-16(17)20(23)21(24)29/h2-3,8-9,14-15,18,23,25H,4-7,10-13H2,1H3,(H2,24,29)(H,26,30)/p+1/t14?,15-,18-/m0/s1. The molecule has 3 atom stereocenters. The molecule has 1 aromatic rings. The summed E-state index contributed by atoms with van der Waals surface area (Å²) in [6, 6.07) is 6.51. The molecule has 0 bridgehead atoms. The van der Waals surface area contributed by atoms with Crippen molar-refractivity contribution in [3.8, 4) is 0 Å². The number of para-hydroxylation sites is 1. The van der Waals surface area contributed by atoms with Crippen molar-refractivity contribution in [2.24, 2.45) is 5.73 Å². The molecule has 1 aromatic carbocycles. The van der Waals surface area contributed by atoms with E-state index in [1.54, 1.807) is 36.3 Å². The molecular weight excluding hydrogens is 398 g/mol. The number of primary amides is 1. The molecule has 31 heavy (non-hydrogen) atoms. The Morgan fingerprint density at radius 3 is 2.71 bits per heavy atom. The third-order valence-electron chi connectivity index (χ3n) is 6.09. The Hall–Kier alpha value is -2.94. The van der Waals surface area contributed by atoms with Gasteiger partial charge in [0.05, 0.1) is 18.2 Å². The minimum atomic E-state index is -0.727. The summed E-state index contributed by atoms with van der Waals surface area (Å²) >= 11 is 0. The van der Waals surface area contributed by atoms with Gasteiger partial charge in [-0.1, -0.05) is 12.1 Å². The molecule has 3 rings (SSSR count). The van der Waals surface area contributed by atoms with Gasteiger partial charge in [-0.2, -0.15) is 0 Å². The predicted molar refractivity (Wildman–Crippen MR) is 116 cm³/mol. The van der Waals surface area contributed by atoms with E-state index in [4.69, 9.17) is 15.9 Å². The Morgan fingerprint density at radius 2 is 1.97 bits per heavy atom. The summed E-state index contributed by atoms with van der Waals surface area (Å²) in [4.78, 5) is 38.8. The zero-order chi connectivity index (χ0) is 22.4. The smallest absolute Gasteiger partial charge is 0.313 e. The van der Waals surface area contributed by atoms with Crippen LogP contribution in [-0.2, 0) is 19.1 Å². The van der Waals surface area contributed by atoms with Gasteiger partial charge in [-0.15, -0.1) is 0 Å². The van der Waals surface area contributed by atoms with Crippen molar-refractivity contribution in [2.45, 2.75) is 56.7 Å². The lowest BCUT2D eigenvalue weighted by molar-refractivity contribution is -0.137. The van der Waals surface area contributed by atoms with Gasteiger partial charge in [0.25, 0.3) is 5.71 Å². The first kappa shape index (κ1) is 22.7. The Bertz CT molecular complexity index is 843. The summed E-state index contributed by atoms with van der Waals surface area (Å²) in [5.74, 6) is -1.00. The monoisotopic (exact) mass is 430 g/mol. The molecule has 2 aliphatic rings. The second-order valence-corrected chi connectivity index (χ2v) is 8.15. The van der Waals surface area contributed by atoms with Gasteiger partial charge in [-0.05, 0) is 50.7 Å². The average molecular weight is 431 g/mol. The molecule has 6 N–H and O–H groups in total. The molecule has 9 heteroatoms. The van der Waals surface area contributed by atoms with Gasteiger partial charge < -0.3 is 26.0 Å². The minimum absolute atomic E-state index is 0.0119. The molecule has 168 valence electrons. The minimum Gasteiger partial charge on any atom is -0.381 e. The lowest BCUT2D eigenvalue weighted by Gasteiger charge is -2.31. The maximum absolute atomic E-state index is 12.9. The quantitative estimate of drug-likeness (QED) is 0.400. The van der Waals surface area contributed by atoms with E-state index in [0.717, 1.165) is 32.1 Å². The number of hydrogen-bond donors (Lipinski definition) is 4. The van der Waals surface area contributed by atoms with Crippen LogP contribution in [0, 0.1) is 0 Å². The number of hydrogen-bond acceptors (Lipinski definition) is 5. The number of nitrogens with two attached hydrogens (primary N) is 2. The van der Waals surface area contributed by atoms with Crippen LogP contribution in [0.1, 0.15) is 44.1 Å². The van der Waals surface area contributed by atoms with Gasteiger partial charge in [0.1, 0.15) is 6.04 Å². The highest BCUT2D eigenvalue weighted by Gasteiger charge is 2.35. The molecule has 1 aliphatic heterocycles. The first-order valence-corrected chi connectivity index (χ1v) is 10.8. The van der Waals surface area contributed by atoms with Crippen molar-refractivity contribution >= 4 is 29.1 Å². The summed E-state index contributed by atoms with van der Waals surface area (Å²) in [6.45, 7) is 0.531. The summed E-state index contributed by atoms with van der Waals surface area (Å²) in [5.41, 5.74) is 6.20. The molecule has 3 amide bonds. The molecule has 1 saturated heterocycles. The summed E-state index contributed by atoms with van der Waals surface area (Å²) in [7, 11) is 1.70. The first-order valence-electron chi connectivity index (χ1n) is 10.8. The van der Waals surface area contributed by atoms with Crippen LogP contribution in [0.4, 0.5) is 5.69 Å². The van der Waals surface area contributed by atoms with Crippen molar-refractivity contribution in [1.29, 1.82) is 0 Å². The number of anilines is 1. The zero-order valence-electron chi connectivity index (χ0n) is 17.9. The number of ether oxygens (including phenoxy) is 1. The molecule has 1 saturated carbocycles. The molecule has 2 fully saturated rings. The summed E-state index contributed by atoms with van der Waals surface area (Å²) in [5, 5.41) is 11.9. The third kappa shape index (κ3) is 5.61. The number of nitrogens with zero attached hydrogens (tertiary/aromatic N) is 1. The van der Waals surface area contributed by atoms with Crippen molar-refractivity contribution in [1.82, 2.24) is 10.2 Å². The van der Waals surface area contributed by atoms with E-state index in [2.05, 4.69) is 10.6 Å². The Labute approximate surface area is 182 Å². The second-order valence-electron chi connectivity index (χ2n) is 8.15. The van der Waals surface area contributed by atoms with Crippen molar-refractivity contribution in [3.05, 3.63) is 29.8 Å². The van der Waals surface area contributed by atoms with Gasteiger partial charge in [-0.25, -0.2) is 5.41 Å². The van der Waals surface area contributed by atoms with Crippen LogP contribution >= 0.6 is 0 Å². The van der Waals surface area contributed by atoms with Crippen molar-refractivity contribution in [2.75, 3.05) is 25.5 Å². The number of likely N-dealkylation sites (tertiary alicyclic amines) is 1. The number of nitrogens with one attached hydrogen (secondary N) is 2. The van der Waals surface area contributed by atoms with E-state index >= 15 is 0 Å². The third-order valence-corrected chi connectivity index (χ3v) is 6.09. The fraction of sp³-hybridized carbons (Fsp3) is 0.545. The normalized spacial score (nSPS) is 23.3. The Kier molecular flexibility index (Phi) is 7.62. The molecular formula is C22H32N5O4+. The highest BCUT2D eigenvalue weighted by atomic mass is 16.5. The van der Waals surface area contributed by atoms with E-state index in [-0.39, 0.29) is 36.2 Å². The molecule has 0 spiro atoms. The first-order chi connectivity index (χ1) is 14.9. The SMILES string of the molecule is CO[C@H]1CCCC(NC(=O)[C@@H]2CCCN2C(=O)CNc2ccccc2C(=[NH2+])C(N)=O)C1. The summed E-state index contributed by atoms with van der Waals surface area (Å²) < 4.78 is 5.44. The van der Waals surface area contributed by atoms with Gasteiger partial charge in [-0.3, -0.25) is 14.4 Å². The van der Waals surface area contributed by atoms with Crippen LogP contribution in [0.3, 0.4) is 0 Å². The van der Waals surface area contributed by atoms with Crippen LogP contribution in [0.25, 0.3) is 0 Å². The molecule has 1 heterocycles. The van der Waals surface area contributed by atoms with Crippen LogP contribution in [0.2, 0.25) is 0 Å². The van der Waals surface area contributed by atoms with E-state index in [1.807, 2.05) is 0 Å². The molecule has 0 aromatic heterocycles. The number of benzene rings is 1.